The van der Waals surface area contributed by atoms with Gasteiger partial charge in [0.25, 0.3) is 0 Å². The number of nitrogens with zero attached hydrogens (tertiary/aromatic N) is 3. The van der Waals surface area contributed by atoms with Crippen LogP contribution in [-0.2, 0) is 4.74 Å². The largest absolute Gasteiger partial charge is 0.444 e. The standard InChI is InChI=1S/C23H45N5O2.HI/c1-8-24-21(25-15-18-11-14-28(16-18)19-9-10-19)27(7)13-12-20(17(2)3)26-22(29)30-23(4,5)6;/h17-20H,8-16H2,1-7H3,(H,24,25)(H,26,29);1H. The van der Waals surface area contributed by atoms with Gasteiger partial charge in [-0.05, 0) is 71.8 Å². The van der Waals surface area contributed by atoms with Gasteiger partial charge in [-0.15, -0.1) is 24.0 Å². The van der Waals surface area contributed by atoms with E-state index in [2.05, 4.69) is 48.3 Å². The first-order valence-electron chi connectivity index (χ1n) is 11.8. The van der Waals surface area contributed by atoms with Gasteiger partial charge in [0.15, 0.2) is 5.96 Å². The Balaban J connectivity index is 0.00000480. The molecule has 8 heteroatoms. The fraction of sp³-hybridized carbons (Fsp3) is 0.913. The van der Waals surface area contributed by atoms with Gasteiger partial charge in [-0.2, -0.15) is 0 Å². The number of aliphatic imine (C=N–C) groups is 1. The molecule has 182 valence electrons. The Morgan fingerprint density at radius 1 is 1.26 bits per heavy atom. The second kappa shape index (κ2) is 13.1. The number of halogens is 1. The van der Waals surface area contributed by atoms with E-state index in [4.69, 9.17) is 9.73 Å². The minimum absolute atomic E-state index is 0. The van der Waals surface area contributed by atoms with Gasteiger partial charge in [0.2, 0.25) is 0 Å². The van der Waals surface area contributed by atoms with E-state index >= 15 is 0 Å². The molecule has 1 amide bonds. The maximum Gasteiger partial charge on any atom is 0.407 e. The van der Waals surface area contributed by atoms with E-state index < -0.39 is 5.60 Å². The van der Waals surface area contributed by atoms with Gasteiger partial charge in [-0.3, -0.25) is 4.99 Å². The summed E-state index contributed by atoms with van der Waals surface area (Å²) in [5.74, 6) is 1.96. The van der Waals surface area contributed by atoms with Crippen molar-refractivity contribution < 1.29 is 9.53 Å². The molecule has 2 unspecified atom stereocenters. The zero-order valence-electron chi connectivity index (χ0n) is 20.7. The van der Waals surface area contributed by atoms with Crippen molar-refractivity contribution in [3.63, 3.8) is 0 Å². The predicted molar refractivity (Wildman–Crippen MR) is 139 cm³/mol. The first kappa shape index (κ1) is 28.3. The Kier molecular flexibility index (Phi) is 11.9. The van der Waals surface area contributed by atoms with Gasteiger partial charge in [0.05, 0.1) is 0 Å². The van der Waals surface area contributed by atoms with Crippen molar-refractivity contribution in [3.8, 4) is 0 Å². The number of amides is 1. The van der Waals surface area contributed by atoms with Gasteiger partial charge >= 0.3 is 6.09 Å². The molecule has 0 aromatic carbocycles. The summed E-state index contributed by atoms with van der Waals surface area (Å²) >= 11 is 0. The monoisotopic (exact) mass is 551 g/mol. The first-order chi connectivity index (χ1) is 14.1. The van der Waals surface area contributed by atoms with Crippen LogP contribution in [0, 0.1) is 11.8 Å². The molecule has 2 fully saturated rings. The normalized spacial score (nSPS) is 20.9. The van der Waals surface area contributed by atoms with Crippen molar-refractivity contribution in [1.29, 1.82) is 0 Å². The molecule has 2 atom stereocenters. The number of guanidine groups is 1. The van der Waals surface area contributed by atoms with Crippen LogP contribution in [0.15, 0.2) is 4.99 Å². The van der Waals surface area contributed by atoms with E-state index in [-0.39, 0.29) is 36.1 Å². The highest BCUT2D eigenvalue weighted by Crippen LogP contribution is 2.31. The molecule has 0 spiro atoms. The van der Waals surface area contributed by atoms with Gasteiger partial charge in [-0.25, -0.2) is 4.79 Å². The van der Waals surface area contributed by atoms with E-state index in [0.29, 0.717) is 11.8 Å². The van der Waals surface area contributed by atoms with Crippen LogP contribution in [0.1, 0.15) is 67.2 Å². The number of nitrogens with one attached hydrogen (secondary N) is 2. The molecule has 2 aliphatic rings. The average molecular weight is 552 g/mol. The lowest BCUT2D eigenvalue weighted by Gasteiger charge is -2.28. The lowest BCUT2D eigenvalue weighted by Crippen LogP contribution is -2.45. The summed E-state index contributed by atoms with van der Waals surface area (Å²) in [6.45, 7) is 17.0. The summed E-state index contributed by atoms with van der Waals surface area (Å²) in [5.41, 5.74) is -0.484. The summed E-state index contributed by atoms with van der Waals surface area (Å²) in [6, 6.07) is 0.924. The Hall–Kier alpha value is -0.770. The molecule has 2 rings (SSSR count). The molecule has 0 radical (unpaired) electrons. The molecule has 1 aliphatic heterocycles. The molecular weight excluding hydrogens is 505 g/mol. The van der Waals surface area contributed by atoms with Crippen LogP contribution in [0.2, 0.25) is 0 Å². The van der Waals surface area contributed by atoms with Gasteiger partial charge in [0.1, 0.15) is 5.60 Å². The molecule has 0 aromatic heterocycles. The Morgan fingerprint density at radius 2 is 1.94 bits per heavy atom. The highest BCUT2D eigenvalue weighted by Gasteiger charge is 2.34. The van der Waals surface area contributed by atoms with Crippen LogP contribution < -0.4 is 10.6 Å². The smallest absolute Gasteiger partial charge is 0.407 e. The fourth-order valence-electron chi connectivity index (χ4n) is 3.94. The fourth-order valence-corrected chi connectivity index (χ4v) is 3.94. The zero-order chi connectivity index (χ0) is 22.3. The molecule has 2 N–H and O–H groups in total. The number of hydrogen-bond donors (Lipinski definition) is 2. The van der Waals surface area contributed by atoms with Crippen molar-refractivity contribution in [3.05, 3.63) is 0 Å². The van der Waals surface area contributed by atoms with Crippen molar-refractivity contribution >= 4 is 36.0 Å². The number of rotatable bonds is 9. The Bertz CT molecular complexity index is 575. The van der Waals surface area contributed by atoms with Gasteiger partial charge < -0.3 is 25.2 Å². The Morgan fingerprint density at radius 3 is 2.48 bits per heavy atom. The van der Waals surface area contributed by atoms with Crippen LogP contribution in [-0.4, -0.2) is 79.3 Å². The van der Waals surface area contributed by atoms with Crippen LogP contribution in [0.5, 0.6) is 0 Å². The van der Waals surface area contributed by atoms with Crippen molar-refractivity contribution in [2.24, 2.45) is 16.8 Å². The van der Waals surface area contributed by atoms with Crippen LogP contribution >= 0.6 is 24.0 Å². The lowest BCUT2D eigenvalue weighted by atomic mass is 10.0. The predicted octanol–water partition coefficient (Wildman–Crippen LogP) is 3.93. The third-order valence-electron chi connectivity index (χ3n) is 5.86. The molecule has 7 nitrogen and oxygen atoms in total. The molecule has 0 aromatic rings. The van der Waals surface area contributed by atoms with Crippen molar-refractivity contribution in [2.45, 2.75) is 84.9 Å². The highest BCUT2D eigenvalue weighted by molar-refractivity contribution is 14.0. The zero-order valence-corrected chi connectivity index (χ0v) is 23.1. The van der Waals surface area contributed by atoms with Crippen LogP contribution in [0.4, 0.5) is 4.79 Å². The van der Waals surface area contributed by atoms with E-state index in [0.717, 1.165) is 38.1 Å². The number of ether oxygens (including phenoxy) is 1. The number of alkyl carbamates (subject to hydrolysis) is 1. The summed E-state index contributed by atoms with van der Waals surface area (Å²) in [6.07, 6.45) is 4.53. The van der Waals surface area contributed by atoms with Crippen LogP contribution in [0.25, 0.3) is 0 Å². The summed E-state index contributed by atoms with van der Waals surface area (Å²) < 4.78 is 5.43. The minimum Gasteiger partial charge on any atom is -0.444 e. The van der Waals surface area contributed by atoms with Gasteiger partial charge in [0, 0.05) is 45.3 Å². The third kappa shape index (κ3) is 10.6. The lowest BCUT2D eigenvalue weighted by molar-refractivity contribution is 0.0486. The second-order valence-corrected chi connectivity index (χ2v) is 10.3. The van der Waals surface area contributed by atoms with E-state index in [1.54, 1.807) is 0 Å². The average Bonchev–Trinajstić information content (AvgIpc) is 3.38. The molecule has 0 bridgehead atoms. The SMILES string of the molecule is CCNC(=NCC1CCN(C2CC2)C1)N(C)CCC(NC(=O)OC(C)(C)C)C(C)C.I. The molecule has 1 saturated heterocycles. The number of hydrogen-bond acceptors (Lipinski definition) is 4. The molecule has 1 saturated carbocycles. The number of likely N-dealkylation sites (tertiary alicyclic amines) is 1. The number of carbonyl (C=O) groups is 1. The summed E-state index contributed by atoms with van der Waals surface area (Å²) in [4.78, 5) is 22.0. The maximum atomic E-state index is 12.2. The third-order valence-corrected chi connectivity index (χ3v) is 5.86. The van der Waals surface area contributed by atoms with Crippen molar-refractivity contribution in [1.82, 2.24) is 20.4 Å². The van der Waals surface area contributed by atoms with Crippen LogP contribution in [0.3, 0.4) is 0 Å². The summed E-state index contributed by atoms with van der Waals surface area (Å²) in [5, 5.41) is 6.47. The van der Waals surface area contributed by atoms with E-state index in [1.165, 1.54) is 32.4 Å². The van der Waals surface area contributed by atoms with Crippen molar-refractivity contribution in [2.75, 3.05) is 39.8 Å². The molecule has 1 aliphatic carbocycles. The first-order valence-corrected chi connectivity index (χ1v) is 11.8. The molecule has 1 heterocycles. The molecular formula is C23H46IN5O2. The minimum atomic E-state index is -0.484. The quantitative estimate of drug-likeness (QED) is 0.258. The topological polar surface area (TPSA) is 69.2 Å². The number of carbonyl (C=O) groups excluding carboxylic acids is 1. The summed E-state index contributed by atoms with van der Waals surface area (Å²) in [7, 11) is 2.08. The van der Waals surface area contributed by atoms with E-state index in [9.17, 15) is 4.79 Å². The van der Waals surface area contributed by atoms with E-state index in [1.807, 2.05) is 20.8 Å². The second-order valence-electron chi connectivity index (χ2n) is 10.3. The maximum absolute atomic E-state index is 12.2. The van der Waals surface area contributed by atoms with Gasteiger partial charge in [-0.1, -0.05) is 13.8 Å². The highest BCUT2D eigenvalue weighted by atomic mass is 127. The molecule has 31 heavy (non-hydrogen) atoms. The Labute approximate surface area is 207 Å².